The highest BCUT2D eigenvalue weighted by Gasteiger charge is 2.28. The quantitative estimate of drug-likeness (QED) is 0.837. The highest BCUT2D eigenvalue weighted by molar-refractivity contribution is 7.89. The Kier molecular flexibility index (Phi) is 3.98. The first-order valence-electron chi connectivity index (χ1n) is 7.11. The number of aliphatic imine (C=N–C) groups is 2. The van der Waals surface area contributed by atoms with Gasteiger partial charge in [-0.15, -0.1) is 0 Å². The zero-order chi connectivity index (χ0) is 17.5. The number of ether oxygens (including phenoxy) is 1. The minimum absolute atomic E-state index is 0.105. The number of carbonyl (C=O) groups excluding carboxylic acids is 1. The Hall–Kier alpha value is -2.52. The van der Waals surface area contributed by atoms with Gasteiger partial charge in [0.05, 0.1) is 23.3 Å². The maximum absolute atomic E-state index is 12.2. The van der Waals surface area contributed by atoms with Gasteiger partial charge in [0.25, 0.3) is 5.91 Å². The number of methoxy groups -OCH3 is 1. The van der Waals surface area contributed by atoms with E-state index < -0.39 is 10.0 Å². The maximum Gasteiger partial charge on any atom is 0.272 e. The fourth-order valence-corrected chi connectivity index (χ4v) is 3.25. The van der Waals surface area contributed by atoms with E-state index in [1.807, 2.05) is 0 Å². The Labute approximate surface area is 139 Å². The average molecular weight is 348 g/mol. The summed E-state index contributed by atoms with van der Waals surface area (Å²) >= 11 is 0. The minimum Gasteiger partial charge on any atom is -0.496 e. The van der Waals surface area contributed by atoms with Crippen molar-refractivity contribution < 1.29 is 17.9 Å². The van der Waals surface area contributed by atoms with Crippen LogP contribution in [0.1, 0.15) is 5.56 Å². The lowest BCUT2D eigenvalue weighted by atomic mass is 10.2. The van der Waals surface area contributed by atoms with Crippen LogP contribution in [-0.2, 0) is 14.8 Å². The van der Waals surface area contributed by atoms with Crippen LogP contribution in [0.15, 0.2) is 44.9 Å². The molecule has 1 amide bonds. The van der Waals surface area contributed by atoms with Crippen LogP contribution < -0.4 is 10.1 Å². The third-order valence-corrected chi connectivity index (χ3v) is 5.46. The van der Waals surface area contributed by atoms with Gasteiger partial charge in [0.15, 0.2) is 11.5 Å². The van der Waals surface area contributed by atoms with Crippen molar-refractivity contribution in [3.63, 3.8) is 0 Å². The predicted octanol–water partition coefficient (Wildman–Crippen LogP) is 0.160. The first-order chi connectivity index (χ1) is 11.3. The molecule has 0 spiro atoms. The number of benzene rings is 1. The van der Waals surface area contributed by atoms with Crippen LogP contribution in [0, 0.1) is 0 Å². The molecule has 24 heavy (non-hydrogen) atoms. The number of nitrogens with one attached hydrogen (secondary N) is 1. The van der Waals surface area contributed by atoms with Gasteiger partial charge >= 0.3 is 0 Å². The van der Waals surface area contributed by atoms with E-state index in [9.17, 15) is 13.2 Å². The van der Waals surface area contributed by atoms with Crippen molar-refractivity contribution in [2.45, 2.75) is 4.90 Å². The topological polar surface area (TPSA) is 100 Å². The summed E-state index contributed by atoms with van der Waals surface area (Å²) in [5, 5.41) is 2.66. The summed E-state index contributed by atoms with van der Waals surface area (Å²) in [7, 11) is 0.774. The summed E-state index contributed by atoms with van der Waals surface area (Å²) in [4.78, 5) is 20.5. The maximum atomic E-state index is 12.2. The molecule has 2 heterocycles. The molecule has 0 saturated heterocycles. The van der Waals surface area contributed by atoms with Crippen molar-refractivity contribution in [2.75, 3.05) is 27.7 Å². The third-order valence-electron chi connectivity index (χ3n) is 3.65. The first-order valence-corrected chi connectivity index (χ1v) is 8.55. The fraction of sp³-hybridized carbons (Fsp3) is 0.267. The molecular formula is C15H16N4O4S. The SMILES string of the molecule is COc1cc(S(=O)(=O)N(C)C)ccc1C1=NC2=CCNC(=O)C2=N1. The van der Waals surface area contributed by atoms with Crippen LogP contribution in [0.25, 0.3) is 0 Å². The van der Waals surface area contributed by atoms with Crippen LogP contribution in [0.3, 0.4) is 0 Å². The molecule has 9 heteroatoms. The molecule has 0 radical (unpaired) electrons. The molecule has 0 saturated carbocycles. The number of sulfonamides is 1. The molecule has 0 fully saturated rings. The molecule has 1 aromatic rings. The summed E-state index contributed by atoms with van der Waals surface area (Å²) in [5.41, 5.74) is 1.29. The second-order valence-electron chi connectivity index (χ2n) is 5.34. The number of fused-ring (bicyclic) bond motifs is 1. The number of rotatable bonds is 4. The second-order valence-corrected chi connectivity index (χ2v) is 7.50. The van der Waals surface area contributed by atoms with Gasteiger partial charge in [-0.3, -0.25) is 4.79 Å². The molecule has 0 unspecified atom stereocenters. The normalized spacial score (nSPS) is 17.0. The summed E-state index contributed by atoms with van der Waals surface area (Å²) < 4.78 is 30.9. The second kappa shape index (κ2) is 5.84. The van der Waals surface area contributed by atoms with Crippen LogP contribution >= 0.6 is 0 Å². The molecule has 3 rings (SSSR count). The Bertz CT molecular complexity index is 913. The molecule has 8 nitrogen and oxygen atoms in total. The van der Waals surface area contributed by atoms with Crippen molar-refractivity contribution in [3.05, 3.63) is 35.5 Å². The Morgan fingerprint density at radius 2 is 2.00 bits per heavy atom. The molecule has 2 aliphatic rings. The van der Waals surface area contributed by atoms with E-state index in [0.29, 0.717) is 29.4 Å². The summed E-state index contributed by atoms with van der Waals surface area (Å²) in [6.07, 6.45) is 1.77. The Balaban J connectivity index is 2.07. The van der Waals surface area contributed by atoms with Crippen LogP contribution in [0.2, 0.25) is 0 Å². The molecule has 126 valence electrons. The zero-order valence-electron chi connectivity index (χ0n) is 13.4. The van der Waals surface area contributed by atoms with Crippen molar-refractivity contribution in [2.24, 2.45) is 9.98 Å². The monoisotopic (exact) mass is 348 g/mol. The molecule has 0 aromatic heterocycles. The van der Waals surface area contributed by atoms with Gasteiger partial charge in [0, 0.05) is 26.7 Å². The number of amides is 1. The Morgan fingerprint density at radius 1 is 1.25 bits per heavy atom. The van der Waals surface area contributed by atoms with Gasteiger partial charge in [-0.1, -0.05) is 0 Å². The number of amidine groups is 1. The summed E-state index contributed by atoms with van der Waals surface area (Å²) in [6.45, 7) is 0.404. The van der Waals surface area contributed by atoms with Gasteiger partial charge in [-0.25, -0.2) is 22.7 Å². The molecule has 0 atom stereocenters. The van der Waals surface area contributed by atoms with E-state index in [4.69, 9.17) is 4.74 Å². The van der Waals surface area contributed by atoms with Gasteiger partial charge < -0.3 is 10.1 Å². The summed E-state index contributed by atoms with van der Waals surface area (Å²) in [5.74, 6) is 0.358. The van der Waals surface area contributed by atoms with Crippen LogP contribution in [0.5, 0.6) is 5.75 Å². The number of carbonyl (C=O) groups is 1. The minimum atomic E-state index is -3.58. The van der Waals surface area contributed by atoms with Crippen molar-refractivity contribution in [1.82, 2.24) is 9.62 Å². The van der Waals surface area contributed by atoms with Gasteiger partial charge in [0.2, 0.25) is 10.0 Å². The van der Waals surface area contributed by atoms with Crippen molar-refractivity contribution >= 4 is 27.5 Å². The van der Waals surface area contributed by atoms with Crippen molar-refractivity contribution in [1.29, 1.82) is 0 Å². The third kappa shape index (κ3) is 2.61. The lowest BCUT2D eigenvalue weighted by Crippen LogP contribution is -2.35. The lowest BCUT2D eigenvalue weighted by Gasteiger charge is -2.13. The average Bonchev–Trinajstić information content (AvgIpc) is 2.99. The van der Waals surface area contributed by atoms with E-state index in [1.165, 1.54) is 33.3 Å². The van der Waals surface area contributed by atoms with E-state index in [-0.39, 0.29) is 16.5 Å². The number of hydrogen-bond donors (Lipinski definition) is 1. The van der Waals surface area contributed by atoms with E-state index in [0.717, 1.165) is 4.31 Å². The van der Waals surface area contributed by atoms with Crippen molar-refractivity contribution in [3.8, 4) is 5.75 Å². The highest BCUT2D eigenvalue weighted by Crippen LogP contribution is 2.28. The van der Waals surface area contributed by atoms with Gasteiger partial charge in [0.1, 0.15) is 5.75 Å². The largest absolute Gasteiger partial charge is 0.496 e. The number of hydrogen-bond acceptors (Lipinski definition) is 6. The highest BCUT2D eigenvalue weighted by atomic mass is 32.2. The molecule has 1 N–H and O–H groups in total. The smallest absolute Gasteiger partial charge is 0.272 e. The standard InChI is InChI=1S/C15H16N4O4S/c1-19(2)24(21,22)9-4-5-10(12(8-9)23-3)14-17-11-6-7-16-15(20)13(11)18-14/h4-6,8H,7H2,1-3H3,(H,16,20). The molecule has 2 aliphatic heterocycles. The van der Waals surface area contributed by atoms with E-state index >= 15 is 0 Å². The molecule has 0 aliphatic carbocycles. The molecular weight excluding hydrogens is 332 g/mol. The summed E-state index contributed by atoms with van der Waals surface area (Å²) in [6, 6.07) is 4.46. The van der Waals surface area contributed by atoms with Gasteiger partial charge in [-0.2, -0.15) is 0 Å². The zero-order valence-corrected chi connectivity index (χ0v) is 14.2. The number of nitrogens with zero attached hydrogens (tertiary/aromatic N) is 3. The van der Waals surface area contributed by atoms with Gasteiger partial charge in [-0.05, 0) is 18.2 Å². The van der Waals surface area contributed by atoms with E-state index in [2.05, 4.69) is 15.3 Å². The molecule has 0 bridgehead atoms. The lowest BCUT2D eigenvalue weighted by molar-refractivity contribution is -0.114. The van der Waals surface area contributed by atoms with E-state index in [1.54, 1.807) is 12.1 Å². The Morgan fingerprint density at radius 3 is 2.62 bits per heavy atom. The first kappa shape index (κ1) is 16.3. The van der Waals surface area contributed by atoms with Crippen LogP contribution in [-0.4, -0.2) is 57.9 Å². The molecule has 1 aromatic carbocycles. The van der Waals surface area contributed by atoms with Crippen LogP contribution in [0.4, 0.5) is 0 Å². The predicted molar refractivity (Wildman–Crippen MR) is 88.9 cm³/mol. The fourth-order valence-electron chi connectivity index (χ4n) is 2.34.